The summed E-state index contributed by atoms with van der Waals surface area (Å²) in [6.07, 6.45) is 1.03. The van der Waals surface area contributed by atoms with Gasteiger partial charge in [0.2, 0.25) is 0 Å². The van der Waals surface area contributed by atoms with Gasteiger partial charge in [-0.25, -0.2) is 8.42 Å². The maximum absolute atomic E-state index is 12.5. The average Bonchev–Trinajstić information content (AvgIpc) is 2.49. The summed E-state index contributed by atoms with van der Waals surface area (Å²) < 4.78 is 27.6. The summed E-state index contributed by atoms with van der Waals surface area (Å²) in [7, 11) is -3.55. The van der Waals surface area contributed by atoms with Crippen LogP contribution in [0.25, 0.3) is 0 Å². The normalized spacial score (nSPS) is 12.9. The first kappa shape index (κ1) is 16.6. The molecule has 0 fully saturated rings. The van der Waals surface area contributed by atoms with Crippen molar-refractivity contribution in [2.75, 3.05) is 4.72 Å². The van der Waals surface area contributed by atoms with Gasteiger partial charge in [-0.05, 0) is 55.5 Å². The van der Waals surface area contributed by atoms with Crippen LogP contribution in [0.1, 0.15) is 42.9 Å². The molecule has 1 atom stereocenters. The zero-order chi connectivity index (χ0) is 16.3. The molecule has 0 saturated carbocycles. The second-order valence-electron chi connectivity index (χ2n) is 5.80. The summed E-state index contributed by atoms with van der Waals surface area (Å²) >= 11 is 0. The van der Waals surface area contributed by atoms with E-state index >= 15 is 0 Å². The molecular formula is C18H23NO2S. The van der Waals surface area contributed by atoms with Gasteiger partial charge in [0.1, 0.15) is 0 Å². The molecule has 0 heterocycles. The highest BCUT2D eigenvalue weighted by Crippen LogP contribution is 2.23. The minimum atomic E-state index is -3.55. The number of sulfonamides is 1. The van der Waals surface area contributed by atoms with E-state index < -0.39 is 10.0 Å². The van der Waals surface area contributed by atoms with E-state index in [9.17, 15) is 8.42 Å². The van der Waals surface area contributed by atoms with Crippen molar-refractivity contribution in [1.29, 1.82) is 0 Å². The van der Waals surface area contributed by atoms with Gasteiger partial charge in [0, 0.05) is 0 Å². The topological polar surface area (TPSA) is 46.2 Å². The highest BCUT2D eigenvalue weighted by atomic mass is 32.2. The van der Waals surface area contributed by atoms with Gasteiger partial charge in [0.05, 0.1) is 10.6 Å². The Labute approximate surface area is 133 Å². The van der Waals surface area contributed by atoms with Crippen molar-refractivity contribution in [1.82, 2.24) is 0 Å². The van der Waals surface area contributed by atoms with E-state index in [2.05, 4.69) is 18.6 Å². The van der Waals surface area contributed by atoms with E-state index in [0.29, 0.717) is 16.5 Å². The summed E-state index contributed by atoms with van der Waals surface area (Å²) in [5.74, 6) is 0.434. The lowest BCUT2D eigenvalue weighted by atomic mass is 9.99. The molecule has 0 aliphatic carbocycles. The summed E-state index contributed by atoms with van der Waals surface area (Å²) in [6, 6.07) is 12.8. The fraction of sp³-hybridized carbons (Fsp3) is 0.333. The van der Waals surface area contributed by atoms with Crippen LogP contribution in [-0.4, -0.2) is 8.42 Å². The fourth-order valence-corrected chi connectivity index (χ4v) is 3.47. The van der Waals surface area contributed by atoms with E-state index in [4.69, 9.17) is 0 Å². The lowest BCUT2D eigenvalue weighted by Crippen LogP contribution is -2.14. The first-order valence-corrected chi connectivity index (χ1v) is 9.02. The minimum Gasteiger partial charge on any atom is -0.279 e. The third-order valence-electron chi connectivity index (χ3n) is 4.00. The molecule has 2 aromatic carbocycles. The predicted octanol–water partition coefficient (Wildman–Crippen LogP) is 4.62. The van der Waals surface area contributed by atoms with E-state index in [1.165, 1.54) is 0 Å². The monoisotopic (exact) mass is 317 g/mol. The maximum Gasteiger partial charge on any atom is 0.261 e. The van der Waals surface area contributed by atoms with Crippen molar-refractivity contribution in [2.24, 2.45) is 0 Å². The third-order valence-corrected chi connectivity index (χ3v) is 5.38. The average molecular weight is 317 g/mol. The van der Waals surface area contributed by atoms with Crippen LogP contribution in [0.2, 0.25) is 0 Å². The van der Waals surface area contributed by atoms with Gasteiger partial charge >= 0.3 is 0 Å². The second-order valence-corrected chi connectivity index (χ2v) is 7.48. The van der Waals surface area contributed by atoms with E-state index in [-0.39, 0.29) is 0 Å². The molecule has 2 aromatic rings. The van der Waals surface area contributed by atoms with Crippen molar-refractivity contribution in [3.63, 3.8) is 0 Å². The molecule has 22 heavy (non-hydrogen) atoms. The lowest BCUT2D eigenvalue weighted by Gasteiger charge is -2.13. The molecule has 1 N–H and O–H groups in total. The molecule has 0 amide bonds. The van der Waals surface area contributed by atoms with E-state index in [1.807, 2.05) is 38.1 Å². The molecule has 0 bridgehead atoms. The zero-order valence-corrected chi connectivity index (χ0v) is 14.4. The number of hydrogen-bond acceptors (Lipinski definition) is 2. The van der Waals surface area contributed by atoms with Crippen LogP contribution < -0.4 is 4.72 Å². The second kappa shape index (κ2) is 6.53. The number of hydrogen-bond donors (Lipinski definition) is 1. The standard InChI is InChI=1S/C18H23NO2S/c1-5-14(3)16-7-9-17(10-8-16)22(20,21)19-18-11-6-13(2)12-15(18)4/h6-12,14,19H,5H2,1-4H3/t14-/m1/s1. The van der Waals surface area contributed by atoms with Crippen molar-refractivity contribution in [2.45, 2.75) is 44.9 Å². The van der Waals surface area contributed by atoms with Crippen LogP contribution >= 0.6 is 0 Å². The molecule has 0 aromatic heterocycles. The number of nitrogens with one attached hydrogen (secondary N) is 1. The predicted molar refractivity (Wildman–Crippen MR) is 91.9 cm³/mol. The Morgan fingerprint density at radius 1 is 1.05 bits per heavy atom. The quantitative estimate of drug-likeness (QED) is 0.874. The minimum absolute atomic E-state index is 0.291. The van der Waals surface area contributed by atoms with Gasteiger partial charge in [-0.15, -0.1) is 0 Å². The number of aryl methyl sites for hydroxylation is 2. The Morgan fingerprint density at radius 2 is 1.68 bits per heavy atom. The number of benzene rings is 2. The summed E-state index contributed by atoms with van der Waals surface area (Å²) in [4.78, 5) is 0.291. The maximum atomic E-state index is 12.5. The molecule has 118 valence electrons. The van der Waals surface area contributed by atoms with Crippen LogP contribution in [0, 0.1) is 13.8 Å². The first-order valence-electron chi connectivity index (χ1n) is 7.53. The number of anilines is 1. The molecule has 2 rings (SSSR count). The van der Waals surface area contributed by atoms with E-state index in [0.717, 1.165) is 23.1 Å². The summed E-state index contributed by atoms with van der Waals surface area (Å²) in [5, 5.41) is 0. The van der Waals surface area contributed by atoms with Crippen LogP contribution in [0.5, 0.6) is 0 Å². The molecule has 0 aliphatic rings. The summed E-state index contributed by atoms with van der Waals surface area (Å²) in [6.45, 7) is 8.14. The highest BCUT2D eigenvalue weighted by molar-refractivity contribution is 7.92. The van der Waals surface area contributed by atoms with Crippen molar-refractivity contribution in [3.05, 3.63) is 59.2 Å². The Kier molecular flexibility index (Phi) is 4.91. The summed E-state index contributed by atoms with van der Waals surface area (Å²) in [5.41, 5.74) is 3.81. The van der Waals surface area contributed by atoms with Crippen LogP contribution in [0.3, 0.4) is 0 Å². The van der Waals surface area contributed by atoms with Crippen molar-refractivity contribution in [3.8, 4) is 0 Å². The molecule has 0 saturated heterocycles. The molecule has 4 heteroatoms. The van der Waals surface area contributed by atoms with Crippen molar-refractivity contribution >= 4 is 15.7 Å². The van der Waals surface area contributed by atoms with Gasteiger partial charge in [0.25, 0.3) is 10.0 Å². The Bertz CT molecular complexity index is 749. The third kappa shape index (κ3) is 3.69. The van der Waals surface area contributed by atoms with E-state index in [1.54, 1.807) is 18.2 Å². The van der Waals surface area contributed by atoms with Gasteiger partial charge < -0.3 is 0 Å². The van der Waals surface area contributed by atoms with Crippen LogP contribution in [0.4, 0.5) is 5.69 Å². The van der Waals surface area contributed by atoms with Crippen LogP contribution in [0.15, 0.2) is 47.4 Å². The Balaban J connectivity index is 2.26. The first-order chi connectivity index (χ1) is 10.3. The molecule has 3 nitrogen and oxygen atoms in total. The smallest absolute Gasteiger partial charge is 0.261 e. The fourth-order valence-electron chi connectivity index (χ4n) is 2.34. The molecule has 0 unspecified atom stereocenters. The molecule has 0 spiro atoms. The highest BCUT2D eigenvalue weighted by Gasteiger charge is 2.15. The van der Waals surface area contributed by atoms with Crippen LogP contribution in [-0.2, 0) is 10.0 Å². The SMILES string of the molecule is CC[C@@H](C)c1ccc(S(=O)(=O)Nc2ccc(C)cc2C)cc1. The molecule has 0 aliphatic heterocycles. The molecule has 0 radical (unpaired) electrons. The Hall–Kier alpha value is -1.81. The van der Waals surface area contributed by atoms with Gasteiger partial charge in [-0.1, -0.05) is 43.7 Å². The van der Waals surface area contributed by atoms with Gasteiger partial charge in [0.15, 0.2) is 0 Å². The van der Waals surface area contributed by atoms with Gasteiger partial charge in [-0.3, -0.25) is 4.72 Å². The Morgan fingerprint density at radius 3 is 2.23 bits per heavy atom. The molecular weight excluding hydrogens is 294 g/mol. The zero-order valence-electron chi connectivity index (χ0n) is 13.6. The largest absolute Gasteiger partial charge is 0.279 e. The number of rotatable bonds is 5. The van der Waals surface area contributed by atoms with Crippen molar-refractivity contribution < 1.29 is 8.42 Å². The lowest BCUT2D eigenvalue weighted by molar-refractivity contribution is 0.601. The van der Waals surface area contributed by atoms with Gasteiger partial charge in [-0.2, -0.15) is 0 Å².